The lowest BCUT2D eigenvalue weighted by molar-refractivity contribution is 0.574. The fraction of sp³-hybridized carbons (Fsp3) is 0.333. The lowest BCUT2D eigenvalue weighted by Gasteiger charge is -2.25. The standard InChI is InChI=1S/C15H16FN5S/c16-11-6-4-5-10(9-11)12-13(17)21-14(18-12)22-15(19-21)20-7-2-1-3-8-20/h4-6,9H,1-3,7-8,17H2. The number of hydrogen-bond acceptors (Lipinski definition) is 5. The van der Waals surface area contributed by atoms with Crippen molar-refractivity contribution in [1.29, 1.82) is 0 Å². The fourth-order valence-electron chi connectivity index (χ4n) is 2.82. The highest BCUT2D eigenvalue weighted by molar-refractivity contribution is 7.20. The second-order valence-electron chi connectivity index (χ2n) is 5.48. The summed E-state index contributed by atoms with van der Waals surface area (Å²) in [5.41, 5.74) is 7.43. The zero-order chi connectivity index (χ0) is 15.1. The molecule has 0 bridgehead atoms. The molecule has 0 aliphatic carbocycles. The van der Waals surface area contributed by atoms with Crippen LogP contribution in [-0.4, -0.2) is 27.7 Å². The Morgan fingerprint density at radius 1 is 1.18 bits per heavy atom. The van der Waals surface area contributed by atoms with Gasteiger partial charge in [-0.15, -0.1) is 5.10 Å². The van der Waals surface area contributed by atoms with Crippen LogP contribution >= 0.6 is 11.3 Å². The number of imidazole rings is 1. The van der Waals surface area contributed by atoms with E-state index in [2.05, 4.69) is 15.0 Å². The van der Waals surface area contributed by atoms with Gasteiger partial charge in [-0.1, -0.05) is 23.5 Å². The number of nitrogens with two attached hydrogens (primary N) is 1. The van der Waals surface area contributed by atoms with E-state index in [0.717, 1.165) is 23.2 Å². The predicted octanol–water partition coefficient (Wildman–Crippen LogP) is 3.17. The van der Waals surface area contributed by atoms with E-state index in [9.17, 15) is 4.39 Å². The smallest absolute Gasteiger partial charge is 0.216 e. The molecule has 4 rings (SSSR count). The van der Waals surface area contributed by atoms with Crippen LogP contribution in [0.2, 0.25) is 0 Å². The maximum atomic E-state index is 13.4. The number of nitrogens with zero attached hydrogens (tertiary/aromatic N) is 4. The van der Waals surface area contributed by atoms with Crippen LogP contribution in [0.25, 0.3) is 16.2 Å². The molecule has 0 amide bonds. The van der Waals surface area contributed by atoms with E-state index >= 15 is 0 Å². The minimum atomic E-state index is -0.296. The lowest BCUT2D eigenvalue weighted by atomic mass is 10.1. The van der Waals surface area contributed by atoms with Gasteiger partial charge in [-0.05, 0) is 31.4 Å². The van der Waals surface area contributed by atoms with E-state index in [1.807, 2.05) is 0 Å². The van der Waals surface area contributed by atoms with E-state index in [1.165, 1.54) is 42.7 Å². The summed E-state index contributed by atoms with van der Waals surface area (Å²) in [4.78, 5) is 7.57. The lowest BCUT2D eigenvalue weighted by Crippen LogP contribution is -2.29. The SMILES string of the molecule is Nc1c(-c2cccc(F)c2)nc2sc(N3CCCCC3)nn12. The number of benzene rings is 1. The van der Waals surface area contributed by atoms with E-state index in [0.29, 0.717) is 17.1 Å². The Labute approximate surface area is 131 Å². The fourth-order valence-corrected chi connectivity index (χ4v) is 3.78. The summed E-state index contributed by atoms with van der Waals surface area (Å²) in [7, 11) is 0. The summed E-state index contributed by atoms with van der Waals surface area (Å²) >= 11 is 1.53. The third-order valence-electron chi connectivity index (χ3n) is 3.95. The van der Waals surface area contributed by atoms with Gasteiger partial charge in [-0.3, -0.25) is 0 Å². The van der Waals surface area contributed by atoms with Crippen molar-refractivity contribution in [2.45, 2.75) is 19.3 Å². The summed E-state index contributed by atoms with van der Waals surface area (Å²) in [5.74, 6) is 0.162. The van der Waals surface area contributed by atoms with Gasteiger partial charge in [0.15, 0.2) is 5.82 Å². The van der Waals surface area contributed by atoms with Gasteiger partial charge in [0.25, 0.3) is 0 Å². The first-order chi connectivity index (χ1) is 10.7. The summed E-state index contributed by atoms with van der Waals surface area (Å²) < 4.78 is 15.0. The van der Waals surface area contributed by atoms with Crippen molar-refractivity contribution in [3.8, 4) is 11.3 Å². The third kappa shape index (κ3) is 2.21. The molecule has 0 radical (unpaired) electrons. The average molecular weight is 317 g/mol. The Kier molecular flexibility index (Phi) is 3.22. The Bertz CT molecular complexity index is 819. The number of piperidine rings is 1. The molecule has 7 heteroatoms. The number of halogens is 1. The van der Waals surface area contributed by atoms with Crippen LogP contribution in [0.15, 0.2) is 24.3 Å². The van der Waals surface area contributed by atoms with Crippen LogP contribution in [0, 0.1) is 5.82 Å². The molecule has 1 saturated heterocycles. The molecule has 3 aromatic rings. The van der Waals surface area contributed by atoms with E-state index in [4.69, 9.17) is 5.73 Å². The van der Waals surface area contributed by atoms with Crippen molar-refractivity contribution in [2.75, 3.05) is 23.7 Å². The monoisotopic (exact) mass is 317 g/mol. The molecule has 1 fully saturated rings. The molecule has 0 atom stereocenters. The van der Waals surface area contributed by atoms with Gasteiger partial charge in [-0.25, -0.2) is 9.37 Å². The topological polar surface area (TPSA) is 59.5 Å². The number of hydrogen-bond donors (Lipinski definition) is 1. The summed E-state index contributed by atoms with van der Waals surface area (Å²) in [6.07, 6.45) is 3.68. The normalized spacial score (nSPS) is 15.6. The second kappa shape index (κ2) is 5.24. The molecule has 0 spiro atoms. The molecule has 0 unspecified atom stereocenters. The number of fused-ring (bicyclic) bond motifs is 1. The minimum Gasteiger partial charge on any atom is -0.382 e. The van der Waals surface area contributed by atoms with Gasteiger partial charge in [0.2, 0.25) is 10.1 Å². The maximum Gasteiger partial charge on any atom is 0.216 e. The summed E-state index contributed by atoms with van der Waals surface area (Å²) in [6.45, 7) is 2.07. The number of rotatable bonds is 2. The molecule has 1 aliphatic heterocycles. The predicted molar refractivity (Wildman–Crippen MR) is 86.7 cm³/mol. The van der Waals surface area contributed by atoms with Crippen LogP contribution in [-0.2, 0) is 0 Å². The molecule has 0 saturated carbocycles. The Morgan fingerprint density at radius 2 is 2.00 bits per heavy atom. The highest BCUT2D eigenvalue weighted by Crippen LogP contribution is 2.32. The maximum absolute atomic E-state index is 13.4. The van der Waals surface area contributed by atoms with Crippen molar-refractivity contribution < 1.29 is 4.39 Å². The summed E-state index contributed by atoms with van der Waals surface area (Å²) in [6, 6.07) is 6.31. The largest absolute Gasteiger partial charge is 0.382 e. The van der Waals surface area contributed by atoms with Crippen molar-refractivity contribution in [3.05, 3.63) is 30.1 Å². The molecular weight excluding hydrogens is 301 g/mol. The first-order valence-corrected chi connectivity index (χ1v) is 8.20. The first-order valence-electron chi connectivity index (χ1n) is 7.38. The van der Waals surface area contributed by atoms with Crippen LogP contribution in [0.4, 0.5) is 15.3 Å². The highest BCUT2D eigenvalue weighted by Gasteiger charge is 2.20. The molecule has 1 aromatic carbocycles. The third-order valence-corrected chi connectivity index (χ3v) is 4.92. The zero-order valence-corrected chi connectivity index (χ0v) is 12.8. The highest BCUT2D eigenvalue weighted by atomic mass is 32.1. The van der Waals surface area contributed by atoms with Gasteiger partial charge < -0.3 is 10.6 Å². The molecule has 2 aromatic heterocycles. The zero-order valence-electron chi connectivity index (χ0n) is 12.0. The molecule has 3 heterocycles. The number of aromatic nitrogens is 3. The Morgan fingerprint density at radius 3 is 2.73 bits per heavy atom. The van der Waals surface area contributed by atoms with Crippen LogP contribution < -0.4 is 10.6 Å². The van der Waals surface area contributed by atoms with Crippen LogP contribution in [0.3, 0.4) is 0 Å². The molecule has 5 nitrogen and oxygen atoms in total. The summed E-state index contributed by atoms with van der Waals surface area (Å²) in [5, 5.41) is 5.54. The van der Waals surface area contributed by atoms with Crippen LogP contribution in [0.5, 0.6) is 0 Å². The Balaban J connectivity index is 1.74. The van der Waals surface area contributed by atoms with Crippen molar-refractivity contribution in [1.82, 2.24) is 14.6 Å². The second-order valence-corrected chi connectivity index (χ2v) is 6.42. The first kappa shape index (κ1) is 13.5. The van der Waals surface area contributed by atoms with Gasteiger partial charge in [0.1, 0.15) is 11.5 Å². The Hall–Kier alpha value is -2.15. The molecular formula is C15H16FN5S. The number of nitrogen functional groups attached to an aromatic ring is 1. The molecule has 22 heavy (non-hydrogen) atoms. The van der Waals surface area contributed by atoms with E-state index in [-0.39, 0.29) is 5.82 Å². The van der Waals surface area contributed by atoms with Gasteiger partial charge >= 0.3 is 0 Å². The molecule has 1 aliphatic rings. The average Bonchev–Trinajstić information content (AvgIpc) is 3.08. The van der Waals surface area contributed by atoms with Crippen molar-refractivity contribution in [2.24, 2.45) is 0 Å². The van der Waals surface area contributed by atoms with E-state index < -0.39 is 0 Å². The van der Waals surface area contributed by atoms with Crippen molar-refractivity contribution >= 4 is 27.2 Å². The van der Waals surface area contributed by atoms with Gasteiger partial charge in [0, 0.05) is 18.7 Å². The molecule has 114 valence electrons. The van der Waals surface area contributed by atoms with Crippen molar-refractivity contribution in [3.63, 3.8) is 0 Å². The van der Waals surface area contributed by atoms with Gasteiger partial charge in [-0.2, -0.15) is 4.52 Å². The minimum absolute atomic E-state index is 0.296. The van der Waals surface area contributed by atoms with Crippen LogP contribution in [0.1, 0.15) is 19.3 Å². The van der Waals surface area contributed by atoms with Gasteiger partial charge in [0.05, 0.1) is 0 Å². The van der Waals surface area contributed by atoms with E-state index in [1.54, 1.807) is 16.6 Å². The quantitative estimate of drug-likeness (QED) is 0.788. The molecule has 2 N–H and O–H groups in total. The number of anilines is 2.